The van der Waals surface area contributed by atoms with E-state index in [1.165, 1.54) is 0 Å². The molecule has 0 amide bonds. The maximum Gasteiger partial charge on any atom is 0.192 e. The van der Waals surface area contributed by atoms with E-state index >= 15 is 0 Å². The number of hydrogen-bond donors (Lipinski definition) is 0. The zero-order valence-corrected chi connectivity index (χ0v) is 19.7. The summed E-state index contributed by atoms with van der Waals surface area (Å²) in [5.41, 5.74) is 0.350. The van der Waals surface area contributed by atoms with Crippen molar-refractivity contribution in [1.82, 2.24) is 9.55 Å². The van der Waals surface area contributed by atoms with Crippen LogP contribution in [0.5, 0.6) is 0 Å². The molecule has 1 aromatic heterocycles. The molecule has 0 fully saturated rings. The predicted molar refractivity (Wildman–Crippen MR) is 109 cm³/mol. The summed E-state index contributed by atoms with van der Waals surface area (Å²) in [4.78, 5) is 15.7. The first-order valence-corrected chi connectivity index (χ1v) is 15.7. The van der Waals surface area contributed by atoms with Crippen LogP contribution in [0.15, 0.2) is 0 Å². The Bertz CT molecular complexity index is 590. The van der Waals surface area contributed by atoms with Crippen molar-refractivity contribution in [3.05, 3.63) is 16.7 Å². The van der Waals surface area contributed by atoms with Gasteiger partial charge in [0.1, 0.15) is 18.2 Å². The molecule has 0 aliphatic heterocycles. The summed E-state index contributed by atoms with van der Waals surface area (Å²) in [6.07, 6.45) is 0.729. The number of carbonyl (C=O) groups is 1. The molecule has 1 heterocycles. The largest absolute Gasteiger partial charge is 0.409 e. The number of nitrogens with zero attached hydrogens (tertiary/aromatic N) is 2. The van der Waals surface area contributed by atoms with Crippen LogP contribution in [0, 0.1) is 0 Å². The molecule has 0 spiro atoms. The van der Waals surface area contributed by atoms with Gasteiger partial charge in [-0.15, -0.1) is 0 Å². The van der Waals surface area contributed by atoms with Gasteiger partial charge in [-0.05, 0) is 24.2 Å². The molecule has 5 nitrogen and oxygen atoms in total. The van der Waals surface area contributed by atoms with Crippen LogP contribution in [-0.2, 0) is 22.5 Å². The lowest BCUT2D eigenvalue weighted by molar-refractivity contribution is 0.0788. The lowest BCUT2D eigenvalue weighted by atomic mass is 10.2. The van der Waals surface area contributed by atoms with E-state index in [-0.39, 0.29) is 16.9 Å². The third kappa shape index (κ3) is 6.64. The standard InChI is InChI=1S/C17H33ClN2O3Si2/c1-17(2,3)25(7,8)23-12-15-19-16(18)14(11-21)20(15)13-22-9-10-24(4,5)6/h11H,9-10,12-13H2,1-8H3. The minimum atomic E-state index is -1.91. The number of carbonyl (C=O) groups excluding carboxylic acids is 1. The van der Waals surface area contributed by atoms with E-state index in [9.17, 15) is 4.79 Å². The van der Waals surface area contributed by atoms with Crippen LogP contribution in [0.25, 0.3) is 0 Å². The van der Waals surface area contributed by atoms with E-state index in [0.717, 1.165) is 12.3 Å². The second kappa shape index (κ2) is 8.48. The van der Waals surface area contributed by atoms with Crippen molar-refractivity contribution in [2.75, 3.05) is 6.61 Å². The second-order valence-corrected chi connectivity index (χ2v) is 19.9. The van der Waals surface area contributed by atoms with Gasteiger partial charge in [0, 0.05) is 14.7 Å². The fourth-order valence-corrected chi connectivity index (χ4v) is 3.77. The first-order chi connectivity index (χ1) is 11.3. The quantitative estimate of drug-likeness (QED) is 0.323. The molecule has 8 heteroatoms. The van der Waals surface area contributed by atoms with Crippen molar-refractivity contribution in [3.8, 4) is 0 Å². The van der Waals surface area contributed by atoms with Gasteiger partial charge in [-0.2, -0.15) is 0 Å². The fraction of sp³-hybridized carbons (Fsp3) is 0.765. The molecule has 0 aliphatic carbocycles. The second-order valence-electron chi connectivity index (χ2n) is 9.15. The van der Waals surface area contributed by atoms with Crippen molar-refractivity contribution in [1.29, 1.82) is 0 Å². The fourth-order valence-electron chi connectivity index (χ4n) is 1.84. The van der Waals surface area contributed by atoms with Crippen molar-refractivity contribution in [2.24, 2.45) is 0 Å². The first-order valence-electron chi connectivity index (χ1n) is 8.70. The van der Waals surface area contributed by atoms with E-state index in [4.69, 9.17) is 20.8 Å². The molecule has 0 atom stereocenters. The number of aldehydes is 1. The monoisotopic (exact) mass is 404 g/mol. The summed E-state index contributed by atoms with van der Waals surface area (Å²) in [6.45, 7) is 19.1. The Morgan fingerprint density at radius 2 is 1.80 bits per heavy atom. The Kier molecular flexibility index (Phi) is 7.65. The van der Waals surface area contributed by atoms with Crippen molar-refractivity contribution < 1.29 is 14.0 Å². The molecule has 144 valence electrons. The molecule has 0 unspecified atom stereocenters. The Morgan fingerprint density at radius 1 is 1.20 bits per heavy atom. The van der Waals surface area contributed by atoms with E-state index in [2.05, 4.69) is 58.5 Å². The van der Waals surface area contributed by atoms with Gasteiger partial charge >= 0.3 is 0 Å². The van der Waals surface area contributed by atoms with Gasteiger partial charge in [-0.1, -0.05) is 52.0 Å². The Morgan fingerprint density at radius 3 is 2.28 bits per heavy atom. The van der Waals surface area contributed by atoms with Gasteiger partial charge in [0.05, 0.1) is 6.61 Å². The number of rotatable bonds is 9. The summed E-state index contributed by atoms with van der Waals surface area (Å²) < 4.78 is 13.7. The highest BCUT2D eigenvalue weighted by Crippen LogP contribution is 2.37. The number of halogens is 1. The number of imidazole rings is 1. The smallest absolute Gasteiger partial charge is 0.192 e. The number of hydrogen-bond acceptors (Lipinski definition) is 4. The average molecular weight is 405 g/mol. The molecular weight excluding hydrogens is 372 g/mol. The molecule has 1 rings (SSSR count). The predicted octanol–water partition coefficient (Wildman–Crippen LogP) is 5.18. The van der Waals surface area contributed by atoms with E-state index < -0.39 is 16.4 Å². The molecule has 1 aromatic rings. The normalized spacial score (nSPS) is 13.3. The van der Waals surface area contributed by atoms with Crippen molar-refractivity contribution >= 4 is 34.3 Å². The maximum absolute atomic E-state index is 11.4. The Hall–Kier alpha value is -0.476. The summed E-state index contributed by atoms with van der Waals surface area (Å²) in [7, 11) is -3.06. The molecular formula is C17H33ClN2O3Si2. The van der Waals surface area contributed by atoms with E-state index in [0.29, 0.717) is 24.7 Å². The highest BCUT2D eigenvalue weighted by molar-refractivity contribution is 6.76. The SMILES string of the molecule is CC(C)(C)[Si](C)(C)OCc1nc(Cl)c(C=O)n1COCC[Si](C)(C)C. The number of aromatic nitrogens is 2. The van der Waals surface area contributed by atoms with Gasteiger partial charge < -0.3 is 9.16 Å². The van der Waals surface area contributed by atoms with Crippen LogP contribution in [0.2, 0.25) is 49.0 Å². The topological polar surface area (TPSA) is 53.3 Å². The highest BCUT2D eigenvalue weighted by Gasteiger charge is 2.37. The minimum Gasteiger partial charge on any atom is -0.409 e. The van der Waals surface area contributed by atoms with Crippen LogP contribution in [0.1, 0.15) is 37.1 Å². The molecule has 0 saturated carbocycles. The highest BCUT2D eigenvalue weighted by atomic mass is 35.5. The summed E-state index contributed by atoms with van der Waals surface area (Å²) in [5.74, 6) is 0.643. The van der Waals surface area contributed by atoms with Crippen LogP contribution < -0.4 is 0 Å². The third-order valence-electron chi connectivity index (χ3n) is 4.74. The van der Waals surface area contributed by atoms with E-state index in [1.807, 2.05) is 0 Å². The third-order valence-corrected chi connectivity index (χ3v) is 11.2. The van der Waals surface area contributed by atoms with Crippen molar-refractivity contribution in [3.63, 3.8) is 0 Å². The minimum absolute atomic E-state index is 0.107. The lowest BCUT2D eigenvalue weighted by Crippen LogP contribution is -2.40. The molecule has 0 saturated heterocycles. The molecule has 0 radical (unpaired) electrons. The van der Waals surface area contributed by atoms with E-state index in [1.54, 1.807) is 4.57 Å². The summed E-state index contributed by atoms with van der Waals surface area (Å²) in [6, 6.07) is 1.07. The molecule has 0 N–H and O–H groups in total. The van der Waals surface area contributed by atoms with Gasteiger partial charge in [-0.3, -0.25) is 9.36 Å². The number of ether oxygens (including phenoxy) is 1. The van der Waals surface area contributed by atoms with Crippen LogP contribution >= 0.6 is 11.6 Å². The van der Waals surface area contributed by atoms with Gasteiger partial charge in [-0.25, -0.2) is 4.98 Å². The molecule has 0 aliphatic rings. The lowest BCUT2D eigenvalue weighted by Gasteiger charge is -2.36. The first kappa shape index (κ1) is 22.6. The molecule has 0 aromatic carbocycles. The van der Waals surface area contributed by atoms with Crippen LogP contribution in [-0.4, -0.2) is 38.8 Å². The molecule has 25 heavy (non-hydrogen) atoms. The average Bonchev–Trinajstić information content (AvgIpc) is 2.74. The maximum atomic E-state index is 11.4. The zero-order chi connectivity index (χ0) is 19.5. The van der Waals surface area contributed by atoms with Gasteiger partial charge in [0.15, 0.2) is 19.8 Å². The zero-order valence-electron chi connectivity index (χ0n) is 16.9. The van der Waals surface area contributed by atoms with Gasteiger partial charge in [0.25, 0.3) is 0 Å². The summed E-state index contributed by atoms with van der Waals surface area (Å²) >= 11 is 6.12. The van der Waals surface area contributed by atoms with Crippen LogP contribution in [0.4, 0.5) is 0 Å². The Labute approximate surface area is 159 Å². The molecule has 0 bridgehead atoms. The summed E-state index contributed by atoms with van der Waals surface area (Å²) in [5, 5.41) is 0.313. The Balaban J connectivity index is 2.85. The van der Waals surface area contributed by atoms with Gasteiger partial charge in [0.2, 0.25) is 0 Å². The van der Waals surface area contributed by atoms with Crippen molar-refractivity contribution in [2.45, 2.75) is 77.9 Å². The van der Waals surface area contributed by atoms with Crippen LogP contribution in [0.3, 0.4) is 0 Å².